The monoisotopic (exact) mass is 452 g/mol. The van der Waals surface area contributed by atoms with Gasteiger partial charge in [-0.2, -0.15) is 13.2 Å². The fourth-order valence-corrected chi connectivity index (χ4v) is 3.41. The third-order valence-corrected chi connectivity index (χ3v) is 5.13. The summed E-state index contributed by atoms with van der Waals surface area (Å²) in [4.78, 5) is 35.1. The maximum Gasteiger partial charge on any atom is 0.422 e. The molecule has 0 saturated carbocycles. The van der Waals surface area contributed by atoms with Crippen molar-refractivity contribution in [3.05, 3.63) is 36.7 Å². The molecule has 1 N–H and O–H groups in total. The first-order chi connectivity index (χ1) is 15.2. The number of aromatic nitrogens is 2. The van der Waals surface area contributed by atoms with E-state index in [9.17, 15) is 22.8 Å². The van der Waals surface area contributed by atoms with Crippen LogP contribution in [-0.2, 0) is 9.59 Å². The number of hydrogen-bond donors (Lipinski definition) is 1. The summed E-state index contributed by atoms with van der Waals surface area (Å²) in [5, 5.41) is 8.96. The van der Waals surface area contributed by atoms with Crippen LogP contribution in [0.5, 0.6) is 11.6 Å². The van der Waals surface area contributed by atoms with Gasteiger partial charge in [0, 0.05) is 32.1 Å². The highest BCUT2D eigenvalue weighted by Crippen LogP contribution is 2.28. The Kier molecular flexibility index (Phi) is 5.76. The normalized spacial score (nSPS) is 19.1. The van der Waals surface area contributed by atoms with Crippen molar-refractivity contribution >= 4 is 23.4 Å². The minimum atomic E-state index is -4.46. The molecule has 2 aliphatic rings. The van der Waals surface area contributed by atoms with Crippen LogP contribution < -0.4 is 19.3 Å². The van der Waals surface area contributed by atoms with Crippen molar-refractivity contribution in [1.29, 1.82) is 0 Å². The van der Waals surface area contributed by atoms with Gasteiger partial charge < -0.3 is 24.4 Å². The summed E-state index contributed by atoms with van der Waals surface area (Å²) in [5.41, 5.74) is 0.592. The molecule has 0 spiro atoms. The van der Waals surface area contributed by atoms with Crippen molar-refractivity contribution in [1.82, 2.24) is 9.97 Å². The van der Waals surface area contributed by atoms with Crippen LogP contribution >= 0.6 is 0 Å². The molecule has 2 saturated heterocycles. The van der Waals surface area contributed by atoms with E-state index in [0.29, 0.717) is 37.6 Å². The molecule has 0 aliphatic carbocycles. The van der Waals surface area contributed by atoms with Crippen LogP contribution in [0.3, 0.4) is 0 Å². The lowest BCUT2D eigenvalue weighted by atomic mass is 10.0. The Morgan fingerprint density at radius 3 is 2.53 bits per heavy atom. The zero-order valence-electron chi connectivity index (χ0n) is 16.7. The summed E-state index contributed by atoms with van der Waals surface area (Å²) in [7, 11) is 0. The Hall–Kier alpha value is -3.57. The number of alkyl halides is 3. The zero-order valence-corrected chi connectivity index (χ0v) is 16.7. The number of carboxylic acids is 1. The largest absolute Gasteiger partial charge is 0.481 e. The quantitative estimate of drug-likeness (QED) is 0.681. The Labute approximate surface area is 180 Å². The van der Waals surface area contributed by atoms with Crippen LogP contribution in [0.1, 0.15) is 6.42 Å². The number of amides is 1. The van der Waals surface area contributed by atoms with Gasteiger partial charge in [0.2, 0.25) is 5.88 Å². The van der Waals surface area contributed by atoms with E-state index in [-0.39, 0.29) is 17.5 Å². The van der Waals surface area contributed by atoms with Gasteiger partial charge in [-0.05, 0) is 18.2 Å². The van der Waals surface area contributed by atoms with E-state index in [1.807, 2.05) is 4.90 Å². The molecule has 1 unspecified atom stereocenters. The minimum Gasteiger partial charge on any atom is -0.481 e. The number of ether oxygens (including phenoxy) is 2. The molecule has 12 heteroatoms. The van der Waals surface area contributed by atoms with Crippen molar-refractivity contribution in [3.63, 3.8) is 0 Å². The van der Waals surface area contributed by atoms with Crippen LogP contribution in [0, 0.1) is 5.92 Å². The summed E-state index contributed by atoms with van der Waals surface area (Å²) in [5.74, 6) is -0.808. The Bertz CT molecular complexity index is 978. The second-order valence-electron chi connectivity index (χ2n) is 7.44. The highest BCUT2D eigenvalue weighted by Gasteiger charge is 2.36. The predicted octanol–water partition coefficient (Wildman–Crippen LogP) is 2.12. The summed E-state index contributed by atoms with van der Waals surface area (Å²) >= 11 is 0. The molecular weight excluding hydrogens is 433 g/mol. The van der Waals surface area contributed by atoms with Crippen molar-refractivity contribution in [2.24, 2.45) is 5.92 Å². The lowest BCUT2D eigenvalue weighted by Gasteiger charge is -2.37. The van der Waals surface area contributed by atoms with Crippen LogP contribution in [-0.4, -0.2) is 65.5 Å². The fraction of sp³-hybridized carbons (Fsp3) is 0.400. The van der Waals surface area contributed by atoms with Gasteiger partial charge in [0.1, 0.15) is 11.6 Å². The van der Waals surface area contributed by atoms with Crippen molar-refractivity contribution in [2.45, 2.75) is 18.7 Å². The zero-order chi connectivity index (χ0) is 22.9. The molecule has 1 atom stereocenters. The van der Waals surface area contributed by atoms with Crippen LogP contribution in [0.15, 0.2) is 36.7 Å². The SMILES string of the molecule is O=C(O)C1CN(c2ccc(N3CCC(Oc4ccc(OCC(F)(F)F)nc4)C3=O)cn2)C1. The van der Waals surface area contributed by atoms with Crippen LogP contribution in [0.4, 0.5) is 24.7 Å². The number of carboxylic acid groups (broad SMARTS) is 1. The first-order valence-electron chi connectivity index (χ1n) is 9.77. The first kappa shape index (κ1) is 21.7. The molecule has 0 bridgehead atoms. The van der Waals surface area contributed by atoms with Gasteiger partial charge in [-0.25, -0.2) is 9.97 Å². The smallest absolute Gasteiger partial charge is 0.422 e. The second kappa shape index (κ2) is 8.52. The molecule has 0 radical (unpaired) electrons. The second-order valence-corrected chi connectivity index (χ2v) is 7.44. The van der Waals surface area contributed by atoms with Gasteiger partial charge in [0.25, 0.3) is 5.91 Å². The van der Waals surface area contributed by atoms with Gasteiger partial charge in [0.15, 0.2) is 12.7 Å². The number of aliphatic carboxylic acids is 1. The fourth-order valence-electron chi connectivity index (χ4n) is 3.41. The Morgan fingerprint density at radius 1 is 1.16 bits per heavy atom. The number of nitrogens with zero attached hydrogens (tertiary/aromatic N) is 4. The molecule has 2 aromatic heterocycles. The number of rotatable bonds is 7. The first-order valence-corrected chi connectivity index (χ1v) is 9.77. The minimum absolute atomic E-state index is 0.197. The van der Waals surface area contributed by atoms with Crippen molar-refractivity contribution in [3.8, 4) is 11.6 Å². The Balaban J connectivity index is 1.31. The number of halogens is 3. The molecule has 0 aromatic carbocycles. The predicted molar refractivity (Wildman–Crippen MR) is 105 cm³/mol. The van der Waals surface area contributed by atoms with E-state index in [1.165, 1.54) is 23.2 Å². The molecule has 2 aromatic rings. The molecule has 170 valence electrons. The lowest BCUT2D eigenvalue weighted by Crippen LogP contribution is -2.50. The van der Waals surface area contributed by atoms with Gasteiger partial charge in [-0.15, -0.1) is 0 Å². The highest BCUT2D eigenvalue weighted by atomic mass is 19.4. The number of hydrogen-bond acceptors (Lipinski definition) is 7. The Morgan fingerprint density at radius 2 is 1.94 bits per heavy atom. The number of pyridine rings is 2. The summed E-state index contributed by atoms with van der Waals surface area (Å²) in [6.07, 6.45) is -2.04. The number of anilines is 2. The van der Waals surface area contributed by atoms with E-state index in [1.54, 1.807) is 18.3 Å². The molecule has 1 amide bonds. The van der Waals surface area contributed by atoms with Crippen molar-refractivity contribution < 1.29 is 37.3 Å². The average Bonchev–Trinajstić information content (AvgIpc) is 3.06. The maximum atomic E-state index is 12.7. The molecule has 9 nitrogen and oxygen atoms in total. The summed E-state index contributed by atoms with van der Waals surface area (Å²) in [6, 6.07) is 6.11. The standard InChI is InChI=1S/C20H19F3N4O5/c21-20(22,23)11-31-17-4-2-14(8-25-17)32-15-5-6-27(18(15)28)13-1-3-16(24-7-13)26-9-12(10-26)19(29)30/h1-4,7-8,12,15H,5-6,9-11H2,(H,29,30). The van der Waals surface area contributed by atoms with E-state index >= 15 is 0 Å². The molecule has 32 heavy (non-hydrogen) atoms. The van der Waals surface area contributed by atoms with Gasteiger partial charge in [-0.1, -0.05) is 0 Å². The number of carbonyl (C=O) groups excluding carboxylic acids is 1. The molecule has 4 heterocycles. The van der Waals surface area contributed by atoms with E-state index in [4.69, 9.17) is 9.84 Å². The average molecular weight is 452 g/mol. The molecule has 2 aliphatic heterocycles. The van der Waals surface area contributed by atoms with Crippen molar-refractivity contribution in [2.75, 3.05) is 36.0 Å². The van der Waals surface area contributed by atoms with E-state index < -0.39 is 30.8 Å². The van der Waals surface area contributed by atoms with Gasteiger partial charge in [0.05, 0.1) is 24.0 Å². The highest BCUT2D eigenvalue weighted by molar-refractivity contribution is 5.98. The molecule has 4 rings (SSSR count). The van der Waals surface area contributed by atoms with E-state index in [2.05, 4.69) is 14.7 Å². The topological polar surface area (TPSA) is 105 Å². The maximum absolute atomic E-state index is 12.7. The summed E-state index contributed by atoms with van der Waals surface area (Å²) in [6.45, 7) is -0.237. The lowest BCUT2D eigenvalue weighted by molar-refractivity contribution is -0.154. The van der Waals surface area contributed by atoms with E-state index in [0.717, 1.165) is 0 Å². The van der Waals surface area contributed by atoms with Gasteiger partial charge >= 0.3 is 12.1 Å². The third kappa shape index (κ3) is 4.84. The molecule has 2 fully saturated rings. The molecular formula is C20H19F3N4O5. The number of carbonyl (C=O) groups is 2. The van der Waals surface area contributed by atoms with Gasteiger partial charge in [-0.3, -0.25) is 9.59 Å². The third-order valence-electron chi connectivity index (χ3n) is 5.13. The van der Waals surface area contributed by atoms with Crippen LogP contribution in [0.25, 0.3) is 0 Å². The summed E-state index contributed by atoms with van der Waals surface area (Å²) < 4.78 is 46.8. The van der Waals surface area contributed by atoms with Crippen LogP contribution in [0.2, 0.25) is 0 Å².